The minimum absolute atomic E-state index is 0.0733. The van der Waals surface area contributed by atoms with Crippen molar-refractivity contribution in [3.63, 3.8) is 0 Å². The zero-order valence-corrected chi connectivity index (χ0v) is 20.5. The number of carbonyl (C=O) groups excluding carboxylic acids is 3. The van der Waals surface area contributed by atoms with Crippen molar-refractivity contribution >= 4 is 52.0 Å². The van der Waals surface area contributed by atoms with Crippen LogP contribution in [0.2, 0.25) is 0 Å². The Labute approximate surface area is 205 Å². The van der Waals surface area contributed by atoms with Crippen molar-refractivity contribution in [1.29, 1.82) is 0 Å². The predicted molar refractivity (Wildman–Crippen MR) is 130 cm³/mol. The third kappa shape index (κ3) is 4.72. The molecule has 3 heterocycles. The number of benzene rings is 1. The fraction of sp³-hybridized carbons (Fsp3) is 0.292. The second-order valence-corrected chi connectivity index (χ2v) is 8.80. The maximum atomic E-state index is 13.1. The van der Waals surface area contributed by atoms with Gasteiger partial charge in [0.15, 0.2) is 10.8 Å². The molecular formula is C24H24N4O6S. The summed E-state index contributed by atoms with van der Waals surface area (Å²) in [4.78, 5) is 38.1. The number of thioether (sulfide) groups is 1. The molecular weight excluding hydrogens is 472 g/mol. The maximum absolute atomic E-state index is 13.1. The van der Waals surface area contributed by atoms with Crippen LogP contribution in [-0.4, -0.2) is 50.9 Å². The first-order valence-corrected chi connectivity index (χ1v) is 11.9. The molecule has 0 radical (unpaired) electrons. The number of nitrogens with zero attached hydrogens (tertiary/aromatic N) is 3. The van der Waals surface area contributed by atoms with Crippen molar-refractivity contribution in [1.82, 2.24) is 14.6 Å². The summed E-state index contributed by atoms with van der Waals surface area (Å²) < 4.78 is 17.6. The first-order valence-electron chi connectivity index (χ1n) is 11.0. The molecule has 0 aliphatic carbocycles. The summed E-state index contributed by atoms with van der Waals surface area (Å²) in [6.45, 7) is 6.68. The lowest BCUT2D eigenvalue weighted by Crippen LogP contribution is -2.24. The summed E-state index contributed by atoms with van der Waals surface area (Å²) in [6, 6.07) is 11.6. The zero-order chi connectivity index (χ0) is 25.1. The second kappa shape index (κ2) is 10.2. The number of pyridine rings is 1. The predicted octanol–water partition coefficient (Wildman–Crippen LogP) is 4.26. The van der Waals surface area contributed by atoms with E-state index < -0.39 is 23.1 Å². The number of esters is 2. The molecule has 0 fully saturated rings. The molecule has 4 aromatic rings. The van der Waals surface area contributed by atoms with Gasteiger partial charge in [-0.05, 0) is 51.3 Å². The number of para-hydroxylation sites is 1. The van der Waals surface area contributed by atoms with E-state index in [0.29, 0.717) is 10.8 Å². The Bertz CT molecular complexity index is 1430. The Morgan fingerprint density at radius 3 is 2.43 bits per heavy atom. The second-order valence-electron chi connectivity index (χ2n) is 7.50. The summed E-state index contributed by atoms with van der Waals surface area (Å²) in [5, 5.41) is 12.0. The number of furan rings is 1. The fourth-order valence-corrected chi connectivity index (χ4v) is 4.46. The van der Waals surface area contributed by atoms with Gasteiger partial charge < -0.3 is 13.9 Å². The molecule has 1 amide bonds. The number of hydrogen-bond acceptors (Lipinski definition) is 9. The van der Waals surface area contributed by atoms with Gasteiger partial charge in [-0.1, -0.05) is 30.0 Å². The lowest BCUT2D eigenvalue weighted by molar-refractivity contribution is -0.115. The van der Waals surface area contributed by atoms with E-state index in [4.69, 9.17) is 13.9 Å². The molecule has 35 heavy (non-hydrogen) atoms. The van der Waals surface area contributed by atoms with E-state index in [0.717, 1.165) is 10.9 Å². The highest BCUT2D eigenvalue weighted by molar-refractivity contribution is 8.00. The molecule has 0 bridgehead atoms. The molecule has 11 heteroatoms. The van der Waals surface area contributed by atoms with Crippen molar-refractivity contribution in [2.24, 2.45) is 0 Å². The van der Waals surface area contributed by atoms with Gasteiger partial charge in [-0.3, -0.25) is 14.5 Å². The van der Waals surface area contributed by atoms with E-state index in [9.17, 15) is 14.4 Å². The molecule has 182 valence electrons. The third-order valence-electron chi connectivity index (χ3n) is 5.18. The molecule has 1 N–H and O–H groups in total. The summed E-state index contributed by atoms with van der Waals surface area (Å²) in [6.07, 6.45) is 0. The number of nitrogens with one attached hydrogen (secondary N) is 1. The van der Waals surface area contributed by atoms with Crippen LogP contribution in [0.4, 0.5) is 5.88 Å². The van der Waals surface area contributed by atoms with E-state index in [1.807, 2.05) is 40.8 Å². The van der Waals surface area contributed by atoms with Crippen LogP contribution in [-0.2, 0) is 14.3 Å². The van der Waals surface area contributed by atoms with E-state index in [2.05, 4.69) is 15.5 Å². The number of anilines is 1. The monoisotopic (exact) mass is 496 g/mol. The Kier molecular flexibility index (Phi) is 7.06. The lowest BCUT2D eigenvalue weighted by atomic mass is 10.1. The Morgan fingerprint density at radius 1 is 1.03 bits per heavy atom. The number of aryl methyl sites for hydroxylation is 1. The third-order valence-corrected chi connectivity index (χ3v) is 6.22. The van der Waals surface area contributed by atoms with Crippen molar-refractivity contribution in [2.75, 3.05) is 18.5 Å². The summed E-state index contributed by atoms with van der Waals surface area (Å²) in [5.74, 6) is -2.02. The van der Waals surface area contributed by atoms with Crippen LogP contribution in [0.1, 0.15) is 47.2 Å². The standard InChI is InChI=1S/C24H24N4O6S/c1-5-32-22(30)18-13(3)34-21(19(18)23(31)33-6-2)25-20(29)14(4)35-24-27-26-17-12-11-15-9-7-8-10-16(15)28(17)24/h7-12,14H,5-6H2,1-4H3,(H,25,29). The van der Waals surface area contributed by atoms with Crippen molar-refractivity contribution in [3.05, 3.63) is 53.3 Å². The van der Waals surface area contributed by atoms with Crippen LogP contribution in [0.3, 0.4) is 0 Å². The van der Waals surface area contributed by atoms with E-state index in [1.165, 1.54) is 18.7 Å². The Hall–Kier alpha value is -3.86. The average molecular weight is 497 g/mol. The smallest absolute Gasteiger partial charge is 0.344 e. The number of fused-ring (bicyclic) bond motifs is 3. The quantitative estimate of drug-likeness (QED) is 0.281. The van der Waals surface area contributed by atoms with Gasteiger partial charge in [0.1, 0.15) is 16.9 Å². The van der Waals surface area contributed by atoms with E-state index in [-0.39, 0.29) is 36.0 Å². The van der Waals surface area contributed by atoms with Crippen LogP contribution in [0.25, 0.3) is 16.6 Å². The molecule has 10 nitrogen and oxygen atoms in total. The van der Waals surface area contributed by atoms with Gasteiger partial charge in [0.2, 0.25) is 11.8 Å². The minimum atomic E-state index is -0.794. The van der Waals surface area contributed by atoms with Gasteiger partial charge in [-0.15, -0.1) is 10.2 Å². The lowest BCUT2D eigenvalue weighted by Gasteiger charge is -2.11. The number of aromatic nitrogens is 3. The summed E-state index contributed by atoms with van der Waals surface area (Å²) in [7, 11) is 0. The maximum Gasteiger partial charge on any atom is 0.344 e. The van der Waals surface area contributed by atoms with Gasteiger partial charge in [0, 0.05) is 0 Å². The molecule has 0 spiro atoms. The number of carbonyl (C=O) groups is 3. The van der Waals surface area contributed by atoms with Gasteiger partial charge in [0.05, 0.1) is 24.0 Å². The summed E-state index contributed by atoms with van der Waals surface area (Å²) in [5.41, 5.74) is 1.32. The molecule has 0 aliphatic rings. The van der Waals surface area contributed by atoms with E-state index >= 15 is 0 Å². The van der Waals surface area contributed by atoms with Crippen LogP contribution < -0.4 is 5.32 Å². The molecule has 0 saturated heterocycles. The van der Waals surface area contributed by atoms with Crippen LogP contribution >= 0.6 is 11.8 Å². The Balaban J connectivity index is 1.62. The molecule has 4 rings (SSSR count). The van der Waals surface area contributed by atoms with Crippen LogP contribution in [0, 0.1) is 6.92 Å². The highest BCUT2D eigenvalue weighted by atomic mass is 32.2. The van der Waals surface area contributed by atoms with Crippen molar-refractivity contribution < 1.29 is 28.3 Å². The highest BCUT2D eigenvalue weighted by Gasteiger charge is 2.32. The van der Waals surface area contributed by atoms with Crippen LogP contribution in [0.5, 0.6) is 0 Å². The average Bonchev–Trinajstić information content (AvgIpc) is 3.39. The molecule has 0 aliphatic heterocycles. The van der Waals surface area contributed by atoms with Crippen LogP contribution in [0.15, 0.2) is 46.0 Å². The SMILES string of the molecule is CCOC(=O)c1c(C)oc(NC(=O)C(C)Sc2nnc3ccc4ccccc4n23)c1C(=O)OCC. The largest absolute Gasteiger partial charge is 0.462 e. The number of hydrogen-bond donors (Lipinski definition) is 1. The van der Waals surface area contributed by atoms with E-state index in [1.54, 1.807) is 20.8 Å². The number of ether oxygens (including phenoxy) is 2. The zero-order valence-electron chi connectivity index (χ0n) is 19.7. The number of rotatable bonds is 8. The number of amides is 1. The topological polar surface area (TPSA) is 125 Å². The normalized spacial score (nSPS) is 12.0. The van der Waals surface area contributed by atoms with Gasteiger partial charge in [-0.25, -0.2) is 9.59 Å². The first kappa shape index (κ1) is 24.3. The molecule has 3 aromatic heterocycles. The van der Waals surface area contributed by atoms with Crippen molar-refractivity contribution in [2.45, 2.75) is 38.1 Å². The molecule has 1 atom stereocenters. The van der Waals surface area contributed by atoms with Gasteiger partial charge >= 0.3 is 11.9 Å². The Morgan fingerprint density at radius 2 is 1.71 bits per heavy atom. The first-order chi connectivity index (χ1) is 16.8. The molecule has 1 unspecified atom stereocenters. The summed E-state index contributed by atoms with van der Waals surface area (Å²) >= 11 is 1.20. The van der Waals surface area contributed by atoms with Crippen molar-refractivity contribution in [3.8, 4) is 0 Å². The van der Waals surface area contributed by atoms with Gasteiger partial charge in [-0.2, -0.15) is 0 Å². The molecule has 0 saturated carbocycles. The minimum Gasteiger partial charge on any atom is -0.462 e. The molecule has 1 aromatic carbocycles. The fourth-order valence-electron chi connectivity index (χ4n) is 3.59. The highest BCUT2D eigenvalue weighted by Crippen LogP contribution is 2.31. The van der Waals surface area contributed by atoms with Gasteiger partial charge in [0.25, 0.3) is 0 Å².